The molecule has 1 amide bonds. The predicted octanol–water partition coefficient (Wildman–Crippen LogP) is 5.82. The molecule has 0 fully saturated rings. The van der Waals surface area contributed by atoms with Crippen molar-refractivity contribution in [1.29, 1.82) is 0 Å². The fourth-order valence-electron chi connectivity index (χ4n) is 4.17. The van der Waals surface area contributed by atoms with Gasteiger partial charge >= 0.3 is 0 Å². The lowest BCUT2D eigenvalue weighted by Gasteiger charge is -2.25. The monoisotopic (exact) mass is 487 g/mol. The van der Waals surface area contributed by atoms with E-state index >= 15 is 0 Å². The Balaban J connectivity index is 1.77. The van der Waals surface area contributed by atoms with Crippen LogP contribution in [0, 0.1) is 6.92 Å². The zero-order valence-corrected chi connectivity index (χ0v) is 19.0. The van der Waals surface area contributed by atoms with Crippen LogP contribution in [-0.4, -0.2) is 11.7 Å². The number of Topliss-reactive ketones (excluding diaryl/α,β-unsaturated/α-hetero) is 1. The van der Waals surface area contributed by atoms with E-state index in [1.54, 1.807) is 41.3 Å². The molecular weight excluding hydrogens is 470 g/mol. The first-order valence-electron chi connectivity index (χ1n) is 10.1. The third kappa shape index (κ3) is 3.19. The first kappa shape index (κ1) is 20.4. The van der Waals surface area contributed by atoms with Gasteiger partial charge in [-0.3, -0.25) is 19.3 Å². The van der Waals surface area contributed by atoms with Gasteiger partial charge in [-0.15, -0.1) is 0 Å². The van der Waals surface area contributed by atoms with E-state index in [9.17, 15) is 14.4 Å². The van der Waals surface area contributed by atoms with Crippen molar-refractivity contribution >= 4 is 44.3 Å². The van der Waals surface area contributed by atoms with Crippen LogP contribution in [0.25, 0.3) is 11.0 Å². The highest BCUT2D eigenvalue weighted by Gasteiger charge is 2.43. The van der Waals surface area contributed by atoms with Gasteiger partial charge in [0.15, 0.2) is 11.2 Å². The van der Waals surface area contributed by atoms with Gasteiger partial charge in [0.25, 0.3) is 5.91 Å². The molecule has 4 aromatic rings. The Morgan fingerprint density at radius 2 is 1.66 bits per heavy atom. The summed E-state index contributed by atoms with van der Waals surface area (Å²) >= 11 is 3.44. The number of ketones is 1. The number of fused-ring (bicyclic) bond motifs is 2. The van der Waals surface area contributed by atoms with Crippen molar-refractivity contribution in [3.63, 3.8) is 0 Å². The van der Waals surface area contributed by atoms with Crippen molar-refractivity contribution in [3.8, 4) is 0 Å². The molecule has 0 radical (unpaired) electrons. The van der Waals surface area contributed by atoms with E-state index in [1.165, 1.54) is 6.92 Å². The summed E-state index contributed by atoms with van der Waals surface area (Å²) in [5.74, 6) is -0.395. The van der Waals surface area contributed by atoms with E-state index in [1.807, 2.05) is 37.3 Å². The molecule has 0 spiro atoms. The van der Waals surface area contributed by atoms with E-state index in [4.69, 9.17) is 4.42 Å². The van der Waals surface area contributed by atoms with Gasteiger partial charge in [-0.05, 0) is 67.9 Å². The van der Waals surface area contributed by atoms with Gasteiger partial charge < -0.3 is 4.42 Å². The van der Waals surface area contributed by atoms with Crippen molar-refractivity contribution in [2.45, 2.75) is 19.9 Å². The van der Waals surface area contributed by atoms with Crippen LogP contribution < -0.4 is 10.3 Å². The van der Waals surface area contributed by atoms with Crippen molar-refractivity contribution in [2.24, 2.45) is 0 Å². The highest BCUT2D eigenvalue weighted by Crippen LogP contribution is 2.41. The molecule has 0 aliphatic carbocycles. The molecule has 1 aromatic heterocycles. The van der Waals surface area contributed by atoms with Crippen LogP contribution in [0.3, 0.4) is 0 Å². The normalized spacial score (nSPS) is 15.3. The number of anilines is 1. The number of hydrogen-bond acceptors (Lipinski definition) is 4. The topological polar surface area (TPSA) is 67.6 Å². The zero-order valence-electron chi connectivity index (χ0n) is 17.4. The Morgan fingerprint density at radius 1 is 0.969 bits per heavy atom. The maximum atomic E-state index is 13.6. The fraction of sp³-hybridized carbons (Fsp3) is 0.115. The average molecular weight is 488 g/mol. The van der Waals surface area contributed by atoms with Crippen LogP contribution in [0.15, 0.2) is 80.4 Å². The fourth-order valence-corrected chi connectivity index (χ4v) is 4.43. The van der Waals surface area contributed by atoms with E-state index in [0.717, 1.165) is 15.6 Å². The molecule has 5 rings (SSSR count). The van der Waals surface area contributed by atoms with Crippen molar-refractivity contribution in [1.82, 2.24) is 0 Å². The molecule has 1 atom stereocenters. The third-order valence-corrected chi connectivity index (χ3v) is 6.29. The quantitative estimate of drug-likeness (QED) is 0.341. The van der Waals surface area contributed by atoms with E-state index in [2.05, 4.69) is 15.9 Å². The summed E-state index contributed by atoms with van der Waals surface area (Å²) in [4.78, 5) is 40.4. The van der Waals surface area contributed by atoms with Crippen molar-refractivity contribution in [3.05, 3.63) is 109 Å². The average Bonchev–Trinajstić information content (AvgIpc) is 3.07. The van der Waals surface area contributed by atoms with Gasteiger partial charge in [-0.25, -0.2) is 0 Å². The molecule has 32 heavy (non-hydrogen) atoms. The summed E-state index contributed by atoms with van der Waals surface area (Å²) in [5.41, 5.74) is 3.35. The molecule has 2 heterocycles. The summed E-state index contributed by atoms with van der Waals surface area (Å²) in [6.45, 7) is 3.40. The first-order valence-corrected chi connectivity index (χ1v) is 10.9. The maximum Gasteiger partial charge on any atom is 0.295 e. The Morgan fingerprint density at radius 3 is 2.31 bits per heavy atom. The lowest BCUT2D eigenvalue weighted by Crippen LogP contribution is -2.29. The molecule has 0 bridgehead atoms. The number of aryl methyl sites for hydroxylation is 1. The van der Waals surface area contributed by atoms with Gasteiger partial charge in [0, 0.05) is 15.7 Å². The Hall–Kier alpha value is -3.51. The molecule has 0 saturated carbocycles. The van der Waals surface area contributed by atoms with E-state index < -0.39 is 6.04 Å². The summed E-state index contributed by atoms with van der Waals surface area (Å²) in [6, 6.07) is 19.0. The minimum atomic E-state index is -0.644. The summed E-state index contributed by atoms with van der Waals surface area (Å²) in [5, 5.41) is 0.451. The van der Waals surface area contributed by atoms with Crippen LogP contribution in [0.2, 0.25) is 0 Å². The third-order valence-electron chi connectivity index (χ3n) is 5.76. The predicted molar refractivity (Wildman–Crippen MR) is 126 cm³/mol. The van der Waals surface area contributed by atoms with Crippen LogP contribution >= 0.6 is 15.9 Å². The number of benzene rings is 3. The largest absolute Gasteiger partial charge is 0.450 e. The van der Waals surface area contributed by atoms with E-state index in [-0.39, 0.29) is 22.9 Å². The molecule has 1 unspecified atom stereocenters. The zero-order chi connectivity index (χ0) is 22.6. The second-order valence-corrected chi connectivity index (χ2v) is 8.82. The molecular formula is C26H18BrNO4. The second kappa shape index (κ2) is 7.57. The van der Waals surface area contributed by atoms with Gasteiger partial charge in [0.1, 0.15) is 5.58 Å². The summed E-state index contributed by atoms with van der Waals surface area (Å²) < 4.78 is 6.88. The minimum absolute atomic E-state index is 0.0508. The minimum Gasteiger partial charge on any atom is -0.450 e. The van der Waals surface area contributed by atoms with Crippen LogP contribution in [0.4, 0.5) is 5.69 Å². The maximum absolute atomic E-state index is 13.6. The Labute approximate surface area is 192 Å². The number of amides is 1. The second-order valence-electron chi connectivity index (χ2n) is 7.91. The lowest BCUT2D eigenvalue weighted by atomic mass is 9.98. The molecule has 1 aliphatic rings. The number of halogens is 1. The van der Waals surface area contributed by atoms with Gasteiger partial charge in [-0.1, -0.05) is 39.7 Å². The first-order chi connectivity index (χ1) is 15.3. The Kier molecular flexibility index (Phi) is 4.82. The molecule has 0 N–H and O–H groups in total. The van der Waals surface area contributed by atoms with Gasteiger partial charge in [-0.2, -0.15) is 0 Å². The summed E-state index contributed by atoms with van der Waals surface area (Å²) in [6.07, 6.45) is 0. The highest BCUT2D eigenvalue weighted by atomic mass is 79.9. The Bertz CT molecular complexity index is 1450. The van der Waals surface area contributed by atoms with Crippen LogP contribution in [0.5, 0.6) is 0 Å². The standard InChI is InChI=1S/C26H18BrNO4/c1-14-3-12-21-20(13-14)24(30)22-23(17-4-8-18(27)9-5-17)28(26(31)25(22)32-21)19-10-6-16(7-11-19)15(2)29/h3-13,23H,1-2H3. The van der Waals surface area contributed by atoms with Gasteiger partial charge in [0.05, 0.1) is 17.0 Å². The number of hydrogen-bond donors (Lipinski definition) is 0. The molecule has 1 aliphatic heterocycles. The van der Waals surface area contributed by atoms with Crippen molar-refractivity contribution in [2.75, 3.05) is 4.90 Å². The molecule has 3 aromatic carbocycles. The SMILES string of the molecule is CC(=O)c1ccc(N2C(=O)c3oc4ccc(C)cc4c(=O)c3C2c2ccc(Br)cc2)cc1. The number of rotatable bonds is 3. The highest BCUT2D eigenvalue weighted by molar-refractivity contribution is 9.10. The van der Waals surface area contributed by atoms with Crippen LogP contribution in [0.1, 0.15) is 50.6 Å². The van der Waals surface area contributed by atoms with E-state index in [0.29, 0.717) is 27.8 Å². The summed E-state index contributed by atoms with van der Waals surface area (Å²) in [7, 11) is 0. The number of carbonyl (C=O) groups excluding carboxylic acids is 2. The molecule has 0 saturated heterocycles. The molecule has 5 nitrogen and oxygen atoms in total. The van der Waals surface area contributed by atoms with Crippen LogP contribution in [-0.2, 0) is 0 Å². The number of carbonyl (C=O) groups is 2. The van der Waals surface area contributed by atoms with Crippen molar-refractivity contribution < 1.29 is 14.0 Å². The van der Waals surface area contributed by atoms with Gasteiger partial charge in [0.2, 0.25) is 5.76 Å². The smallest absolute Gasteiger partial charge is 0.295 e. The lowest BCUT2D eigenvalue weighted by molar-refractivity contribution is 0.0970. The molecule has 158 valence electrons. The number of nitrogens with zero attached hydrogens (tertiary/aromatic N) is 1. The molecule has 6 heteroatoms.